The Hall–Kier alpha value is -4.71. The molecule has 0 bridgehead atoms. The Labute approximate surface area is 312 Å². The van der Waals surface area contributed by atoms with Crippen molar-refractivity contribution in [1.29, 1.82) is 0 Å². The van der Waals surface area contributed by atoms with Gasteiger partial charge < -0.3 is 30.7 Å². The summed E-state index contributed by atoms with van der Waals surface area (Å²) in [5, 5.41) is 20.4. The van der Waals surface area contributed by atoms with Crippen LogP contribution in [0.5, 0.6) is 5.88 Å². The molecule has 2 saturated heterocycles. The van der Waals surface area contributed by atoms with Crippen LogP contribution in [-0.4, -0.2) is 70.2 Å². The first-order valence-electron chi connectivity index (χ1n) is 17.6. The maximum atomic E-state index is 12.1. The van der Waals surface area contributed by atoms with Crippen LogP contribution in [0.4, 0.5) is 4.79 Å². The Kier molecular flexibility index (Phi) is 10.6. The van der Waals surface area contributed by atoms with E-state index in [1.165, 1.54) is 23.1 Å². The molecule has 3 unspecified atom stereocenters. The molecular formula is C39H40Cl2N6O5. The fourth-order valence-corrected chi connectivity index (χ4v) is 8.14. The van der Waals surface area contributed by atoms with Gasteiger partial charge in [-0.05, 0) is 67.5 Å². The molecule has 3 aliphatic rings. The van der Waals surface area contributed by atoms with Gasteiger partial charge in [-0.3, -0.25) is 14.6 Å². The third-order valence-electron chi connectivity index (χ3n) is 10.2. The second kappa shape index (κ2) is 15.5. The number of pyridine rings is 2. The summed E-state index contributed by atoms with van der Waals surface area (Å²) in [5.41, 5.74) is 7.37. The lowest BCUT2D eigenvalue weighted by Gasteiger charge is -2.28. The van der Waals surface area contributed by atoms with Crippen LogP contribution in [0.3, 0.4) is 0 Å². The van der Waals surface area contributed by atoms with E-state index in [4.69, 9.17) is 32.9 Å². The number of carboxylic acid groups (broad SMARTS) is 1. The van der Waals surface area contributed by atoms with Crippen molar-refractivity contribution in [3.05, 3.63) is 87.5 Å². The number of nitrogens with one attached hydrogen (secondary N) is 3. The molecule has 3 atom stereocenters. The zero-order valence-corrected chi connectivity index (χ0v) is 30.3. The number of carbonyl (C=O) groups excluding carboxylic acids is 2. The van der Waals surface area contributed by atoms with E-state index in [0.717, 1.165) is 48.9 Å². The highest BCUT2D eigenvalue weighted by atomic mass is 35.5. The van der Waals surface area contributed by atoms with Gasteiger partial charge in [0.2, 0.25) is 17.7 Å². The molecular weight excluding hydrogens is 703 g/mol. The van der Waals surface area contributed by atoms with Gasteiger partial charge in [0.15, 0.2) is 0 Å². The van der Waals surface area contributed by atoms with Crippen molar-refractivity contribution in [2.24, 2.45) is 0 Å². The summed E-state index contributed by atoms with van der Waals surface area (Å²) in [7, 11) is 1.49. The van der Waals surface area contributed by atoms with E-state index < -0.39 is 6.09 Å². The number of ether oxygens (including phenoxy) is 1. The van der Waals surface area contributed by atoms with E-state index in [1.54, 1.807) is 18.3 Å². The van der Waals surface area contributed by atoms with Crippen LogP contribution in [0.15, 0.2) is 60.8 Å². The number of nitrogens with zero attached hydrogens (tertiary/aromatic N) is 3. The van der Waals surface area contributed by atoms with Gasteiger partial charge in [0.25, 0.3) is 0 Å². The maximum Gasteiger partial charge on any atom is 0.407 e. The fourth-order valence-electron chi connectivity index (χ4n) is 7.49. The molecule has 270 valence electrons. The third kappa shape index (κ3) is 7.58. The van der Waals surface area contributed by atoms with E-state index in [-0.39, 0.29) is 48.9 Å². The number of aryl methyl sites for hydroxylation is 1. The number of rotatable bonds is 11. The average molecular weight is 744 g/mol. The molecule has 13 heteroatoms. The lowest BCUT2D eigenvalue weighted by atomic mass is 9.86. The summed E-state index contributed by atoms with van der Waals surface area (Å²) in [6, 6.07) is 17.7. The zero-order chi connectivity index (χ0) is 36.4. The fraction of sp³-hybridized carbons (Fsp3) is 0.359. The highest BCUT2D eigenvalue weighted by molar-refractivity contribution is 6.39. The summed E-state index contributed by atoms with van der Waals surface area (Å²) in [6.45, 7) is 0.965. The lowest BCUT2D eigenvalue weighted by Crippen LogP contribution is -2.41. The number of methoxy groups -OCH3 is 1. The van der Waals surface area contributed by atoms with Crippen molar-refractivity contribution >= 4 is 41.1 Å². The Morgan fingerprint density at radius 1 is 0.942 bits per heavy atom. The van der Waals surface area contributed by atoms with Crippen molar-refractivity contribution in [3.8, 4) is 39.5 Å². The molecule has 0 spiro atoms. The number of carbonyl (C=O) groups is 3. The van der Waals surface area contributed by atoms with Crippen molar-refractivity contribution in [3.63, 3.8) is 0 Å². The molecule has 2 aromatic carbocycles. The Morgan fingerprint density at radius 2 is 1.69 bits per heavy atom. The van der Waals surface area contributed by atoms with E-state index >= 15 is 0 Å². The highest BCUT2D eigenvalue weighted by Gasteiger charge is 2.28. The van der Waals surface area contributed by atoms with Crippen LogP contribution >= 0.6 is 23.2 Å². The SMILES string of the molecule is COc1nc(-c2cccc(-c3ccnc(-c4ccc5c(c4)CCCC5NCC4CCC(=O)N4)c3Cl)c2Cl)ccc1CN(CC1CCC(=O)N1)C(=O)O. The van der Waals surface area contributed by atoms with Gasteiger partial charge in [0.1, 0.15) is 0 Å². The first-order valence-corrected chi connectivity index (χ1v) is 18.3. The van der Waals surface area contributed by atoms with Crippen LogP contribution in [0.25, 0.3) is 33.6 Å². The smallest absolute Gasteiger partial charge is 0.407 e. The van der Waals surface area contributed by atoms with Crippen LogP contribution in [-0.2, 0) is 22.6 Å². The van der Waals surface area contributed by atoms with Gasteiger partial charge in [-0.25, -0.2) is 9.78 Å². The van der Waals surface area contributed by atoms with Gasteiger partial charge in [0, 0.05) is 78.1 Å². The normalized spacial score (nSPS) is 19.6. The van der Waals surface area contributed by atoms with Crippen LogP contribution in [0, 0.1) is 0 Å². The Morgan fingerprint density at radius 3 is 2.42 bits per heavy atom. The van der Waals surface area contributed by atoms with Crippen molar-refractivity contribution in [2.75, 3.05) is 20.2 Å². The number of halogens is 2. The van der Waals surface area contributed by atoms with Crippen molar-refractivity contribution in [1.82, 2.24) is 30.8 Å². The zero-order valence-electron chi connectivity index (χ0n) is 28.8. The number of fused-ring (bicyclic) bond motifs is 1. The minimum absolute atomic E-state index is 0.0430. The quantitative estimate of drug-likeness (QED) is 0.131. The minimum Gasteiger partial charge on any atom is -0.481 e. The van der Waals surface area contributed by atoms with Crippen molar-refractivity contribution in [2.45, 2.75) is 69.6 Å². The highest BCUT2D eigenvalue weighted by Crippen LogP contribution is 2.42. The van der Waals surface area contributed by atoms with Crippen LogP contribution < -0.4 is 20.7 Å². The molecule has 7 rings (SSSR count). The lowest BCUT2D eigenvalue weighted by molar-refractivity contribution is -0.120. The minimum atomic E-state index is -1.10. The predicted molar refractivity (Wildman–Crippen MR) is 199 cm³/mol. The maximum absolute atomic E-state index is 12.1. The Balaban J connectivity index is 1.12. The second-order valence-electron chi connectivity index (χ2n) is 13.6. The Bertz CT molecular complexity index is 2030. The van der Waals surface area contributed by atoms with Crippen molar-refractivity contribution < 1.29 is 24.2 Å². The van der Waals surface area contributed by atoms with Gasteiger partial charge in [0.05, 0.1) is 35.1 Å². The largest absolute Gasteiger partial charge is 0.481 e. The average Bonchev–Trinajstić information content (AvgIpc) is 3.77. The summed E-state index contributed by atoms with van der Waals surface area (Å²) in [6.07, 6.45) is 6.15. The standard InChI is InChI=1S/C39H40Cl2N6O5/c1-52-38-24(20-47(39(50)51)21-26-11-15-34(49)45-26)9-13-32(46-38)30-6-3-5-28(35(30)40)29-16-17-42-37(36(29)41)23-8-12-27-22(18-23)4-2-7-31(27)43-19-25-10-14-33(48)44-25/h3,5-6,8-9,12-13,16-18,25-26,31,43H,2,4,7,10-11,14-15,19-21H2,1H3,(H,44,48)(H,45,49)(H,50,51). The molecule has 2 aliphatic heterocycles. The first-order chi connectivity index (χ1) is 25.2. The molecule has 4 aromatic rings. The first kappa shape index (κ1) is 35.7. The summed E-state index contributed by atoms with van der Waals surface area (Å²) in [5.74, 6) is 0.332. The number of aromatic nitrogens is 2. The third-order valence-corrected chi connectivity index (χ3v) is 11.0. The molecule has 2 aromatic heterocycles. The van der Waals surface area contributed by atoms with Gasteiger partial charge in [-0.15, -0.1) is 0 Å². The molecule has 4 heterocycles. The summed E-state index contributed by atoms with van der Waals surface area (Å²) < 4.78 is 5.61. The van der Waals surface area contributed by atoms with E-state index in [2.05, 4.69) is 39.1 Å². The molecule has 52 heavy (non-hydrogen) atoms. The molecule has 3 amide bonds. The van der Waals surface area contributed by atoms with E-state index in [0.29, 0.717) is 51.8 Å². The number of hydrogen-bond donors (Lipinski definition) is 4. The van der Waals surface area contributed by atoms with E-state index in [9.17, 15) is 19.5 Å². The van der Waals surface area contributed by atoms with Gasteiger partial charge in [-0.1, -0.05) is 53.5 Å². The number of amides is 3. The molecule has 11 nitrogen and oxygen atoms in total. The van der Waals surface area contributed by atoms with Gasteiger partial charge in [-0.2, -0.15) is 0 Å². The number of hydrogen-bond acceptors (Lipinski definition) is 7. The molecule has 0 saturated carbocycles. The molecule has 1 aliphatic carbocycles. The van der Waals surface area contributed by atoms with Crippen LogP contribution in [0.2, 0.25) is 10.0 Å². The number of benzene rings is 2. The van der Waals surface area contributed by atoms with E-state index in [1.807, 2.05) is 24.3 Å². The molecule has 2 fully saturated rings. The summed E-state index contributed by atoms with van der Waals surface area (Å²) >= 11 is 14.2. The predicted octanol–water partition coefficient (Wildman–Crippen LogP) is 6.80. The molecule has 0 radical (unpaired) electrons. The summed E-state index contributed by atoms with van der Waals surface area (Å²) in [4.78, 5) is 46.0. The topological polar surface area (TPSA) is 146 Å². The van der Waals surface area contributed by atoms with Gasteiger partial charge >= 0.3 is 6.09 Å². The molecule has 4 N–H and O–H groups in total. The van der Waals surface area contributed by atoms with Crippen LogP contribution in [0.1, 0.15) is 61.3 Å². The monoisotopic (exact) mass is 742 g/mol. The second-order valence-corrected chi connectivity index (χ2v) is 14.3.